The number of benzene rings is 3. The zero-order chi connectivity index (χ0) is 31.8. The molecule has 3 aromatic carbocycles. The summed E-state index contributed by atoms with van der Waals surface area (Å²) in [5.41, 5.74) is 11.2. The Morgan fingerprint density at radius 3 is 1.98 bits per heavy atom. The van der Waals surface area contributed by atoms with E-state index in [1.807, 2.05) is 84.2 Å². The molecule has 0 saturated heterocycles. The van der Waals surface area contributed by atoms with Gasteiger partial charge in [0.15, 0.2) is 15.7 Å². The summed E-state index contributed by atoms with van der Waals surface area (Å²) >= 11 is 0. The van der Waals surface area contributed by atoms with Gasteiger partial charge in [-0.2, -0.15) is 0 Å². The van der Waals surface area contributed by atoms with Crippen LogP contribution in [0, 0.1) is 0 Å². The van der Waals surface area contributed by atoms with Crippen molar-refractivity contribution in [3.05, 3.63) is 107 Å². The molecular formula is C28H36B9N3O3. The third-order valence-corrected chi connectivity index (χ3v) is 8.29. The van der Waals surface area contributed by atoms with Crippen LogP contribution in [-0.2, 0) is 30.5 Å². The Kier molecular flexibility index (Phi) is 9.00. The second-order valence-corrected chi connectivity index (χ2v) is 14.2. The molecule has 1 aromatic heterocycles. The van der Waals surface area contributed by atoms with Crippen LogP contribution in [0.25, 0.3) is 10.8 Å². The van der Waals surface area contributed by atoms with Gasteiger partial charge in [0, 0.05) is 30.0 Å². The third-order valence-electron chi connectivity index (χ3n) is 8.29. The van der Waals surface area contributed by atoms with Crippen molar-refractivity contribution >= 4 is 99.0 Å². The van der Waals surface area contributed by atoms with E-state index in [4.69, 9.17) is 10.5 Å². The van der Waals surface area contributed by atoms with E-state index in [0.717, 1.165) is 27.5 Å². The highest BCUT2D eigenvalue weighted by Gasteiger charge is 2.35. The lowest BCUT2D eigenvalue weighted by Crippen LogP contribution is -2.47. The second kappa shape index (κ2) is 11.9. The van der Waals surface area contributed by atoms with Crippen LogP contribution >= 0.6 is 0 Å². The first-order valence-electron chi connectivity index (χ1n) is 14.8. The number of aromatic nitrogens is 1. The first-order valence-corrected chi connectivity index (χ1v) is 14.8. The average Bonchev–Trinajstić information content (AvgIpc) is 2.95. The fourth-order valence-corrected chi connectivity index (χ4v) is 5.17. The summed E-state index contributed by atoms with van der Waals surface area (Å²) in [4.78, 5) is 31.2. The van der Waals surface area contributed by atoms with Gasteiger partial charge in [-0.15, -0.1) is 0 Å². The number of fused-ring (bicyclic) bond motifs is 1. The largest absolute Gasteiger partial charge is 0.470 e. The van der Waals surface area contributed by atoms with E-state index < -0.39 is 10.7 Å². The minimum Gasteiger partial charge on any atom is -0.470 e. The number of esters is 1. The van der Waals surface area contributed by atoms with Crippen molar-refractivity contribution in [2.75, 3.05) is 11.9 Å². The highest BCUT2D eigenvalue weighted by atomic mass is 16.5. The van der Waals surface area contributed by atoms with E-state index in [2.05, 4.69) is 63.4 Å². The molecule has 1 atom stereocenters. The number of anilines is 1. The highest BCUT2D eigenvalue weighted by Crippen LogP contribution is 2.30. The Morgan fingerprint density at radius 1 is 0.744 bits per heavy atom. The van der Waals surface area contributed by atoms with Gasteiger partial charge in [-0.1, -0.05) is 63.8 Å². The standard InChI is InChI=1S/C28H36B9N3O3/c29-25(14-38,24(42)40-20-7-1-16-13-39-10-9-15(16)11-20)17-2-4-18(5-3-17)28(36,37)43-23(41)21-8-6-19(26(30,31)32)12-22(21)27(33,34)35/h1-13H,14,29-38H2,(H,40,42). The molecule has 0 bridgehead atoms. The maximum absolute atomic E-state index is 13.6. The molecule has 4 aromatic rings. The fraction of sp³-hybridized carbons (Fsp3) is 0.179. The summed E-state index contributed by atoms with van der Waals surface area (Å²) in [5.74, 6) is -0.563. The molecule has 4 rings (SSSR count). The maximum atomic E-state index is 13.6. The Bertz CT molecular complexity index is 1670. The number of nitrogens with two attached hydrogens (primary N) is 1. The van der Waals surface area contributed by atoms with Crippen LogP contribution in [0.15, 0.2) is 79.1 Å². The Balaban J connectivity index is 1.55. The summed E-state index contributed by atoms with van der Waals surface area (Å²) < 4.78 is 6.14. The monoisotopic (exact) mass is 561 g/mol. The van der Waals surface area contributed by atoms with E-state index in [-0.39, 0.29) is 28.6 Å². The van der Waals surface area contributed by atoms with Crippen LogP contribution in [-0.4, -0.2) is 94.0 Å². The first kappa shape index (κ1) is 32.5. The average molecular weight is 560 g/mol. The van der Waals surface area contributed by atoms with E-state index in [1.165, 1.54) is 5.56 Å². The van der Waals surface area contributed by atoms with Gasteiger partial charge in [0.1, 0.15) is 7.85 Å². The number of hydrogen-bond donors (Lipinski definition) is 2. The van der Waals surface area contributed by atoms with Crippen molar-refractivity contribution in [3.63, 3.8) is 0 Å². The molecule has 0 saturated carbocycles. The number of pyridine rings is 1. The van der Waals surface area contributed by atoms with Gasteiger partial charge in [0.2, 0.25) is 5.91 Å². The summed E-state index contributed by atoms with van der Waals surface area (Å²) in [7, 11) is 18.4. The predicted molar refractivity (Wildman–Crippen MR) is 201 cm³/mol. The van der Waals surface area contributed by atoms with Crippen molar-refractivity contribution in [2.24, 2.45) is 5.73 Å². The summed E-state index contributed by atoms with van der Waals surface area (Å²) in [6, 6.07) is 21.2. The summed E-state index contributed by atoms with van der Waals surface area (Å²) in [6.45, 7) is 0.119. The zero-order valence-corrected chi connectivity index (χ0v) is 27.0. The van der Waals surface area contributed by atoms with Crippen molar-refractivity contribution in [2.45, 2.75) is 20.9 Å². The molecule has 1 unspecified atom stereocenters. The van der Waals surface area contributed by atoms with Gasteiger partial charge in [-0.05, 0) is 40.8 Å². The van der Waals surface area contributed by atoms with Crippen LogP contribution in [0.3, 0.4) is 0 Å². The Morgan fingerprint density at radius 2 is 1.37 bits per heavy atom. The predicted octanol–water partition coefficient (Wildman–Crippen LogP) is -5.09. The van der Waals surface area contributed by atoms with Crippen molar-refractivity contribution < 1.29 is 14.3 Å². The van der Waals surface area contributed by atoms with E-state index >= 15 is 0 Å². The molecule has 0 aliphatic rings. The number of nitrogens with zero attached hydrogens (tertiary/aromatic N) is 1. The molecule has 0 spiro atoms. The molecule has 3 N–H and O–H groups in total. The molecule has 0 aliphatic carbocycles. The summed E-state index contributed by atoms with van der Waals surface area (Å²) in [6.07, 6.45) is 3.52. The number of hydrogen-bond acceptors (Lipinski definition) is 5. The lowest BCUT2D eigenvalue weighted by atomic mass is 9.37. The minimum absolute atomic E-state index is 0.0361. The number of amides is 1. The quantitative estimate of drug-likeness (QED) is 0.158. The molecule has 6 nitrogen and oxygen atoms in total. The molecule has 208 valence electrons. The second-order valence-electron chi connectivity index (χ2n) is 14.2. The van der Waals surface area contributed by atoms with E-state index in [0.29, 0.717) is 11.3 Å². The van der Waals surface area contributed by atoms with Gasteiger partial charge >= 0.3 is 5.97 Å². The van der Waals surface area contributed by atoms with Gasteiger partial charge in [0.25, 0.3) is 0 Å². The van der Waals surface area contributed by atoms with E-state index in [9.17, 15) is 9.59 Å². The minimum atomic E-state index is -0.969. The molecule has 0 fully saturated rings. The van der Waals surface area contributed by atoms with Crippen LogP contribution in [0.2, 0.25) is 0 Å². The van der Waals surface area contributed by atoms with Crippen molar-refractivity contribution in [1.29, 1.82) is 0 Å². The first-order chi connectivity index (χ1) is 20.0. The molecule has 1 amide bonds. The van der Waals surface area contributed by atoms with Gasteiger partial charge in [0.05, 0.1) is 63.4 Å². The van der Waals surface area contributed by atoms with Crippen molar-refractivity contribution in [3.8, 4) is 0 Å². The topological polar surface area (TPSA) is 94.3 Å². The fourth-order valence-electron chi connectivity index (χ4n) is 5.17. The normalized spacial score (nSPS) is 13.6. The van der Waals surface area contributed by atoms with Crippen LogP contribution < -0.4 is 11.1 Å². The number of nitrogens with one attached hydrogen (secondary N) is 1. The lowest BCUT2D eigenvalue weighted by Gasteiger charge is -2.31. The maximum Gasteiger partial charge on any atom is 0.337 e. The zero-order valence-electron chi connectivity index (χ0n) is 27.0. The van der Waals surface area contributed by atoms with Gasteiger partial charge in [-0.3, -0.25) is 9.78 Å². The molecule has 43 heavy (non-hydrogen) atoms. The smallest absolute Gasteiger partial charge is 0.337 e. The van der Waals surface area contributed by atoms with Crippen LogP contribution in [0.1, 0.15) is 32.6 Å². The molecular weight excluding hydrogens is 524 g/mol. The number of rotatable bonds is 9. The Labute approximate surface area is 263 Å². The molecule has 15 heteroatoms. The SMILES string of the molecule is BC(B)(B)c1ccc(C(=O)OC(B)(B)c2ccc(C(B)(CN)C(=O)Nc3ccc4cnccc4c3)cc2)c(C(B)(B)B)c1. The number of ether oxygens (including phenoxy) is 1. The number of carbonyl (C=O) groups is 2. The lowest BCUT2D eigenvalue weighted by molar-refractivity contribution is -0.118. The molecule has 1 heterocycles. The van der Waals surface area contributed by atoms with Gasteiger partial charge < -0.3 is 15.8 Å². The third kappa shape index (κ3) is 7.04. The highest BCUT2D eigenvalue weighted by molar-refractivity contribution is 6.60. The Hall–Kier alpha value is -3.45. The van der Waals surface area contributed by atoms with E-state index in [1.54, 1.807) is 12.4 Å². The summed E-state index contributed by atoms with van der Waals surface area (Å²) in [5, 5.41) is 2.87. The van der Waals surface area contributed by atoms with Crippen molar-refractivity contribution in [1.82, 2.24) is 4.98 Å². The van der Waals surface area contributed by atoms with Crippen LogP contribution in [0.4, 0.5) is 5.69 Å². The van der Waals surface area contributed by atoms with Gasteiger partial charge in [-0.25, -0.2) is 4.79 Å². The molecule has 0 radical (unpaired) electrons. The number of carbonyl (C=O) groups excluding carboxylic acids is 2. The van der Waals surface area contributed by atoms with Crippen LogP contribution in [0.5, 0.6) is 0 Å². The molecule has 0 aliphatic heterocycles.